The van der Waals surface area contributed by atoms with E-state index in [1.165, 1.54) is 32.2 Å². The Kier molecular flexibility index (Phi) is 5.10. The number of hydrogen-bond donors (Lipinski definition) is 1. The molecule has 0 saturated carbocycles. The molecule has 0 spiro atoms. The van der Waals surface area contributed by atoms with Crippen molar-refractivity contribution in [1.82, 2.24) is 5.32 Å². The topological polar surface area (TPSA) is 64.6 Å². The van der Waals surface area contributed by atoms with Crippen LogP contribution in [0.5, 0.6) is 5.75 Å². The molecule has 0 radical (unpaired) electrons. The van der Waals surface area contributed by atoms with Crippen molar-refractivity contribution in [3.63, 3.8) is 0 Å². The highest BCUT2D eigenvalue weighted by Crippen LogP contribution is 2.11. The predicted molar refractivity (Wildman–Crippen MR) is 61.5 cm³/mol. The molecule has 0 aliphatic heterocycles. The minimum absolute atomic E-state index is 0.222. The van der Waals surface area contributed by atoms with Crippen LogP contribution in [0.15, 0.2) is 24.3 Å². The Morgan fingerprint density at radius 3 is 2.78 bits per heavy atom. The van der Waals surface area contributed by atoms with Crippen molar-refractivity contribution in [2.24, 2.45) is 0 Å². The van der Waals surface area contributed by atoms with Gasteiger partial charge in [-0.15, -0.1) is 0 Å². The molecule has 1 aromatic rings. The van der Waals surface area contributed by atoms with Crippen LogP contribution in [0.25, 0.3) is 0 Å². The molecule has 0 saturated heterocycles. The molecule has 1 N–H and O–H groups in total. The third kappa shape index (κ3) is 4.40. The number of likely N-dealkylation sites (N-methyl/N-ethyl adjacent to an activating group) is 1. The Hall–Kier alpha value is -2.11. The summed E-state index contributed by atoms with van der Waals surface area (Å²) in [6.07, 6.45) is -0.890. The van der Waals surface area contributed by atoms with Gasteiger partial charge in [0.15, 0.2) is 12.7 Å². The summed E-state index contributed by atoms with van der Waals surface area (Å²) in [5.74, 6) is -1.34. The van der Waals surface area contributed by atoms with Crippen LogP contribution >= 0.6 is 0 Å². The fourth-order valence-electron chi connectivity index (χ4n) is 1.19. The molecule has 1 rings (SSSR count). The molecule has 18 heavy (non-hydrogen) atoms. The molecule has 0 aromatic heterocycles. The summed E-state index contributed by atoms with van der Waals surface area (Å²) < 4.78 is 22.6. The third-order valence-corrected chi connectivity index (χ3v) is 2.08. The number of amides is 1. The minimum atomic E-state index is -0.890. The number of nitrogens with one attached hydrogen (secondary N) is 1. The van der Waals surface area contributed by atoms with Gasteiger partial charge in [-0.25, -0.2) is 9.18 Å². The molecule has 0 unspecified atom stereocenters. The van der Waals surface area contributed by atoms with Crippen molar-refractivity contribution in [3.8, 4) is 5.75 Å². The summed E-state index contributed by atoms with van der Waals surface area (Å²) >= 11 is 0. The van der Waals surface area contributed by atoms with Gasteiger partial charge in [0.25, 0.3) is 5.91 Å². The van der Waals surface area contributed by atoms with Gasteiger partial charge in [-0.05, 0) is 19.1 Å². The lowest BCUT2D eigenvalue weighted by atomic mass is 10.3. The van der Waals surface area contributed by atoms with Gasteiger partial charge in [0, 0.05) is 13.1 Å². The maximum Gasteiger partial charge on any atom is 0.344 e. The zero-order valence-corrected chi connectivity index (χ0v) is 10.1. The van der Waals surface area contributed by atoms with Crippen molar-refractivity contribution in [1.29, 1.82) is 0 Å². The zero-order valence-electron chi connectivity index (χ0n) is 10.1. The first kappa shape index (κ1) is 14.0. The van der Waals surface area contributed by atoms with Crippen LogP contribution in [0.2, 0.25) is 0 Å². The van der Waals surface area contributed by atoms with Crippen LogP contribution in [-0.2, 0) is 14.3 Å². The van der Waals surface area contributed by atoms with E-state index in [1.807, 2.05) is 0 Å². The molecule has 1 aromatic carbocycles. The molecule has 0 aliphatic rings. The van der Waals surface area contributed by atoms with Crippen molar-refractivity contribution in [3.05, 3.63) is 30.1 Å². The average Bonchev–Trinajstić information content (AvgIpc) is 2.35. The highest BCUT2D eigenvalue weighted by Gasteiger charge is 2.16. The van der Waals surface area contributed by atoms with E-state index >= 15 is 0 Å². The Balaban J connectivity index is 2.40. The average molecular weight is 255 g/mol. The molecule has 6 heteroatoms. The molecule has 1 atom stereocenters. The number of carbonyl (C=O) groups is 2. The SMILES string of the molecule is CNC(=O)[C@@H](C)OC(=O)COc1cccc(F)c1. The van der Waals surface area contributed by atoms with Crippen molar-refractivity contribution in [2.45, 2.75) is 13.0 Å². The van der Waals surface area contributed by atoms with E-state index in [0.717, 1.165) is 6.07 Å². The highest BCUT2D eigenvalue weighted by atomic mass is 19.1. The summed E-state index contributed by atoms with van der Waals surface area (Å²) in [6, 6.07) is 5.38. The third-order valence-electron chi connectivity index (χ3n) is 2.08. The molecule has 5 nitrogen and oxygen atoms in total. The molecule has 0 fully saturated rings. The van der Waals surface area contributed by atoms with Gasteiger partial charge >= 0.3 is 5.97 Å². The van der Waals surface area contributed by atoms with Gasteiger partial charge < -0.3 is 14.8 Å². The summed E-state index contributed by atoms with van der Waals surface area (Å²) in [6.45, 7) is 1.06. The van der Waals surface area contributed by atoms with E-state index in [9.17, 15) is 14.0 Å². The summed E-state index contributed by atoms with van der Waals surface area (Å²) in [5.41, 5.74) is 0. The molecule has 0 aliphatic carbocycles. The molecule has 98 valence electrons. The summed E-state index contributed by atoms with van der Waals surface area (Å²) in [4.78, 5) is 22.4. The first-order chi connectivity index (χ1) is 8.52. The number of hydrogen-bond acceptors (Lipinski definition) is 4. The Morgan fingerprint density at radius 2 is 2.17 bits per heavy atom. The number of rotatable bonds is 5. The van der Waals surface area contributed by atoms with E-state index in [-0.39, 0.29) is 12.4 Å². The van der Waals surface area contributed by atoms with Crippen LogP contribution < -0.4 is 10.1 Å². The molecule has 0 bridgehead atoms. The fraction of sp³-hybridized carbons (Fsp3) is 0.333. The quantitative estimate of drug-likeness (QED) is 0.793. The monoisotopic (exact) mass is 255 g/mol. The van der Waals surface area contributed by atoms with Crippen LogP contribution in [0.4, 0.5) is 4.39 Å². The maximum atomic E-state index is 12.8. The van der Waals surface area contributed by atoms with Gasteiger partial charge in [0.1, 0.15) is 11.6 Å². The first-order valence-corrected chi connectivity index (χ1v) is 5.32. The van der Waals surface area contributed by atoms with Gasteiger partial charge in [-0.1, -0.05) is 6.07 Å². The molecular formula is C12H14FNO4. The minimum Gasteiger partial charge on any atom is -0.482 e. The second kappa shape index (κ2) is 6.58. The van der Waals surface area contributed by atoms with E-state index in [4.69, 9.17) is 9.47 Å². The number of ether oxygens (including phenoxy) is 2. The fourth-order valence-corrected chi connectivity index (χ4v) is 1.19. The Morgan fingerprint density at radius 1 is 1.44 bits per heavy atom. The van der Waals surface area contributed by atoms with Gasteiger partial charge in [-0.2, -0.15) is 0 Å². The lowest BCUT2D eigenvalue weighted by molar-refractivity contribution is -0.156. The van der Waals surface area contributed by atoms with Crippen molar-refractivity contribution < 1.29 is 23.5 Å². The van der Waals surface area contributed by atoms with Crippen molar-refractivity contribution in [2.75, 3.05) is 13.7 Å². The summed E-state index contributed by atoms with van der Waals surface area (Å²) in [7, 11) is 1.44. The van der Waals surface area contributed by atoms with E-state index in [2.05, 4.69) is 5.32 Å². The Bertz CT molecular complexity index is 436. The largest absolute Gasteiger partial charge is 0.482 e. The normalized spacial score (nSPS) is 11.5. The number of esters is 1. The first-order valence-electron chi connectivity index (χ1n) is 5.32. The number of halogens is 1. The van der Waals surface area contributed by atoms with Crippen LogP contribution in [-0.4, -0.2) is 31.6 Å². The van der Waals surface area contributed by atoms with E-state index in [0.29, 0.717) is 0 Å². The second-order valence-electron chi connectivity index (χ2n) is 3.49. The summed E-state index contributed by atoms with van der Waals surface area (Å²) in [5, 5.41) is 2.34. The lowest BCUT2D eigenvalue weighted by Gasteiger charge is -2.12. The molecule has 0 heterocycles. The smallest absolute Gasteiger partial charge is 0.344 e. The predicted octanol–water partition coefficient (Wildman–Crippen LogP) is 0.882. The molecular weight excluding hydrogens is 241 g/mol. The van der Waals surface area contributed by atoms with Gasteiger partial charge in [-0.3, -0.25) is 4.79 Å². The van der Waals surface area contributed by atoms with Crippen LogP contribution in [0.1, 0.15) is 6.92 Å². The Labute approximate surface area is 104 Å². The molecule has 1 amide bonds. The number of benzene rings is 1. The zero-order chi connectivity index (χ0) is 13.5. The van der Waals surface area contributed by atoms with Crippen molar-refractivity contribution >= 4 is 11.9 Å². The number of carbonyl (C=O) groups excluding carboxylic acids is 2. The van der Waals surface area contributed by atoms with Crippen LogP contribution in [0.3, 0.4) is 0 Å². The maximum absolute atomic E-state index is 12.8. The lowest BCUT2D eigenvalue weighted by Crippen LogP contribution is -2.34. The van der Waals surface area contributed by atoms with Crippen LogP contribution in [0, 0.1) is 5.82 Å². The van der Waals surface area contributed by atoms with E-state index < -0.39 is 23.8 Å². The van der Waals surface area contributed by atoms with Gasteiger partial charge in [0.2, 0.25) is 0 Å². The highest BCUT2D eigenvalue weighted by molar-refractivity contribution is 5.83. The van der Waals surface area contributed by atoms with E-state index in [1.54, 1.807) is 0 Å². The standard InChI is InChI=1S/C12H14FNO4/c1-8(12(16)14-2)18-11(15)7-17-10-5-3-4-9(13)6-10/h3-6,8H,7H2,1-2H3,(H,14,16)/t8-/m1/s1. The second-order valence-corrected chi connectivity index (χ2v) is 3.49. The van der Waals surface area contributed by atoms with Gasteiger partial charge in [0.05, 0.1) is 0 Å².